The second-order valence-electron chi connectivity index (χ2n) is 6.17. The number of nitrogens with one attached hydrogen (secondary N) is 1. The summed E-state index contributed by atoms with van der Waals surface area (Å²) >= 11 is 0. The molecule has 1 N–H and O–H groups in total. The first-order chi connectivity index (χ1) is 11.7. The van der Waals surface area contributed by atoms with Crippen LogP contribution in [0.3, 0.4) is 0 Å². The molecule has 1 aliphatic rings. The van der Waals surface area contributed by atoms with Crippen LogP contribution in [0.2, 0.25) is 0 Å². The van der Waals surface area contributed by atoms with Crippen molar-refractivity contribution in [2.75, 3.05) is 21.3 Å². The van der Waals surface area contributed by atoms with Crippen LogP contribution in [0.25, 0.3) is 0 Å². The summed E-state index contributed by atoms with van der Waals surface area (Å²) in [5.74, 6) is 2.05. The molecule has 0 aromatic heterocycles. The fourth-order valence-corrected chi connectivity index (χ4v) is 3.47. The molecule has 128 valence electrons. The Bertz CT molecular complexity index is 727. The topological polar surface area (TPSA) is 39.7 Å². The van der Waals surface area contributed by atoms with Gasteiger partial charge >= 0.3 is 0 Å². The number of hydrogen-bond acceptors (Lipinski definition) is 4. The van der Waals surface area contributed by atoms with Crippen molar-refractivity contribution in [2.24, 2.45) is 0 Å². The summed E-state index contributed by atoms with van der Waals surface area (Å²) in [6.45, 7) is 2.87. The maximum atomic E-state index is 5.57. The molecular weight excluding hydrogens is 302 g/mol. The van der Waals surface area contributed by atoms with Crippen LogP contribution in [0.1, 0.15) is 34.7 Å². The molecule has 0 amide bonds. The van der Waals surface area contributed by atoms with Crippen LogP contribution < -0.4 is 19.5 Å². The van der Waals surface area contributed by atoms with Gasteiger partial charge in [-0.1, -0.05) is 29.8 Å². The molecule has 1 aliphatic carbocycles. The molecule has 4 heteroatoms. The normalized spacial score (nSPS) is 15.9. The second kappa shape index (κ2) is 7.14. The lowest BCUT2D eigenvalue weighted by molar-refractivity contribution is 0.321. The van der Waals surface area contributed by atoms with Gasteiger partial charge in [0.05, 0.1) is 21.3 Å². The van der Waals surface area contributed by atoms with E-state index in [9.17, 15) is 0 Å². The van der Waals surface area contributed by atoms with Gasteiger partial charge in [0.25, 0.3) is 0 Å². The molecule has 0 saturated carbocycles. The zero-order chi connectivity index (χ0) is 17.1. The Morgan fingerprint density at radius 3 is 2.50 bits per heavy atom. The molecule has 1 atom stereocenters. The average molecular weight is 327 g/mol. The van der Waals surface area contributed by atoms with Crippen LogP contribution in [-0.4, -0.2) is 21.3 Å². The van der Waals surface area contributed by atoms with Crippen LogP contribution in [0.5, 0.6) is 17.2 Å². The monoisotopic (exact) mass is 327 g/mol. The second-order valence-corrected chi connectivity index (χ2v) is 6.17. The van der Waals surface area contributed by atoms with E-state index in [1.807, 2.05) is 12.1 Å². The van der Waals surface area contributed by atoms with Gasteiger partial charge in [-0.25, -0.2) is 0 Å². The number of rotatable bonds is 6. The smallest absolute Gasteiger partial charge is 0.203 e. The summed E-state index contributed by atoms with van der Waals surface area (Å²) < 4.78 is 16.4. The molecule has 24 heavy (non-hydrogen) atoms. The van der Waals surface area contributed by atoms with Crippen LogP contribution >= 0.6 is 0 Å². The molecule has 2 aromatic carbocycles. The highest BCUT2D eigenvalue weighted by atomic mass is 16.5. The zero-order valence-electron chi connectivity index (χ0n) is 14.8. The van der Waals surface area contributed by atoms with Crippen molar-refractivity contribution >= 4 is 0 Å². The Morgan fingerprint density at radius 1 is 1.00 bits per heavy atom. The molecule has 0 aliphatic heterocycles. The lowest BCUT2D eigenvalue weighted by Gasteiger charge is -2.19. The summed E-state index contributed by atoms with van der Waals surface area (Å²) in [7, 11) is 4.93. The minimum atomic E-state index is 0.387. The number of ether oxygens (including phenoxy) is 3. The highest BCUT2D eigenvalue weighted by Crippen LogP contribution is 2.40. The van der Waals surface area contributed by atoms with Crippen LogP contribution in [0.15, 0.2) is 30.3 Å². The predicted octanol–water partition coefficient (Wildman–Crippen LogP) is 3.80. The quantitative estimate of drug-likeness (QED) is 0.876. The first kappa shape index (κ1) is 16.7. The van der Waals surface area contributed by atoms with E-state index in [1.54, 1.807) is 21.3 Å². The highest BCUT2D eigenvalue weighted by molar-refractivity contribution is 5.55. The average Bonchev–Trinajstić information content (AvgIpc) is 3.00. The molecule has 0 radical (unpaired) electrons. The summed E-state index contributed by atoms with van der Waals surface area (Å²) in [5.41, 5.74) is 5.26. The lowest BCUT2D eigenvalue weighted by Crippen LogP contribution is -2.19. The third-order valence-electron chi connectivity index (χ3n) is 4.70. The maximum Gasteiger partial charge on any atom is 0.203 e. The number of benzene rings is 2. The van der Waals surface area contributed by atoms with Crippen LogP contribution in [0, 0.1) is 6.92 Å². The molecule has 0 fully saturated rings. The fourth-order valence-electron chi connectivity index (χ4n) is 3.47. The number of hydrogen-bond donors (Lipinski definition) is 1. The van der Waals surface area contributed by atoms with E-state index in [2.05, 4.69) is 30.4 Å². The molecule has 2 aromatic rings. The molecule has 0 heterocycles. The van der Waals surface area contributed by atoms with Crippen molar-refractivity contribution in [1.29, 1.82) is 0 Å². The Hall–Kier alpha value is -2.20. The van der Waals surface area contributed by atoms with Gasteiger partial charge in [-0.15, -0.1) is 0 Å². The van der Waals surface area contributed by atoms with Gasteiger partial charge in [-0.2, -0.15) is 0 Å². The lowest BCUT2D eigenvalue weighted by atomic mass is 10.0. The van der Waals surface area contributed by atoms with Crippen molar-refractivity contribution in [3.63, 3.8) is 0 Å². The first-order valence-corrected chi connectivity index (χ1v) is 8.28. The van der Waals surface area contributed by atoms with E-state index in [-0.39, 0.29) is 0 Å². The van der Waals surface area contributed by atoms with Crippen molar-refractivity contribution in [2.45, 2.75) is 32.4 Å². The van der Waals surface area contributed by atoms with E-state index in [0.717, 1.165) is 30.7 Å². The van der Waals surface area contributed by atoms with Gasteiger partial charge in [-0.3, -0.25) is 0 Å². The van der Waals surface area contributed by atoms with Crippen LogP contribution in [-0.2, 0) is 13.0 Å². The Labute approximate surface area is 143 Å². The SMILES string of the molecule is COc1ccc(CN[C@@H]2CCc3ccc(C)cc32)c(OC)c1OC. The largest absolute Gasteiger partial charge is 0.493 e. The number of aryl methyl sites for hydroxylation is 2. The molecule has 4 nitrogen and oxygen atoms in total. The number of fused-ring (bicyclic) bond motifs is 1. The highest BCUT2D eigenvalue weighted by Gasteiger charge is 2.23. The standard InChI is InChI=1S/C20H25NO3/c1-13-5-6-14-7-9-17(16(14)11-13)21-12-15-8-10-18(22-2)20(24-4)19(15)23-3/h5-6,8,10-11,17,21H,7,9,12H2,1-4H3/t17-/m1/s1. The van der Waals surface area contributed by atoms with Gasteiger partial charge in [0.2, 0.25) is 5.75 Å². The van der Waals surface area contributed by atoms with E-state index in [0.29, 0.717) is 17.5 Å². The fraction of sp³-hybridized carbons (Fsp3) is 0.400. The van der Waals surface area contributed by atoms with Gasteiger partial charge in [0.1, 0.15) is 0 Å². The Kier molecular flexibility index (Phi) is 4.95. The summed E-state index contributed by atoms with van der Waals surface area (Å²) in [4.78, 5) is 0. The van der Waals surface area contributed by atoms with E-state index >= 15 is 0 Å². The molecule has 3 rings (SSSR count). The Morgan fingerprint density at radius 2 is 1.79 bits per heavy atom. The zero-order valence-corrected chi connectivity index (χ0v) is 14.8. The van der Waals surface area contributed by atoms with Crippen molar-refractivity contribution in [3.05, 3.63) is 52.6 Å². The summed E-state index contributed by atoms with van der Waals surface area (Å²) in [5, 5.41) is 3.67. The van der Waals surface area contributed by atoms with Crippen molar-refractivity contribution < 1.29 is 14.2 Å². The third-order valence-corrected chi connectivity index (χ3v) is 4.70. The van der Waals surface area contributed by atoms with Crippen molar-refractivity contribution in [1.82, 2.24) is 5.32 Å². The first-order valence-electron chi connectivity index (χ1n) is 8.28. The van der Waals surface area contributed by atoms with Crippen LogP contribution in [0.4, 0.5) is 0 Å². The predicted molar refractivity (Wildman–Crippen MR) is 95.2 cm³/mol. The van der Waals surface area contributed by atoms with Gasteiger partial charge in [0.15, 0.2) is 11.5 Å². The van der Waals surface area contributed by atoms with E-state index in [1.165, 1.54) is 16.7 Å². The van der Waals surface area contributed by atoms with Gasteiger partial charge in [0, 0.05) is 18.2 Å². The van der Waals surface area contributed by atoms with E-state index < -0.39 is 0 Å². The maximum absolute atomic E-state index is 5.57. The third kappa shape index (κ3) is 3.06. The molecular formula is C20H25NO3. The minimum Gasteiger partial charge on any atom is -0.493 e. The summed E-state index contributed by atoms with van der Waals surface area (Å²) in [6.07, 6.45) is 2.27. The molecule has 0 saturated heterocycles. The van der Waals surface area contributed by atoms with Gasteiger partial charge < -0.3 is 19.5 Å². The number of methoxy groups -OCH3 is 3. The molecule has 0 spiro atoms. The molecule has 0 bridgehead atoms. The minimum absolute atomic E-state index is 0.387. The Balaban J connectivity index is 1.80. The van der Waals surface area contributed by atoms with Gasteiger partial charge in [-0.05, 0) is 37.0 Å². The van der Waals surface area contributed by atoms with E-state index in [4.69, 9.17) is 14.2 Å². The molecule has 0 unspecified atom stereocenters. The summed E-state index contributed by atoms with van der Waals surface area (Å²) in [6, 6.07) is 11.1. The van der Waals surface area contributed by atoms with Crippen molar-refractivity contribution in [3.8, 4) is 17.2 Å².